The van der Waals surface area contributed by atoms with Gasteiger partial charge in [-0.25, -0.2) is 0 Å². The zero-order valence-corrected chi connectivity index (χ0v) is 7.79. The summed E-state index contributed by atoms with van der Waals surface area (Å²) in [5.74, 6) is 8.62. The molecule has 1 saturated carbocycles. The minimum absolute atomic E-state index is 0.442. The molecular formula is C13H10O. The topological polar surface area (TPSA) is 9.23 Å². The van der Waals surface area contributed by atoms with Crippen molar-refractivity contribution in [2.75, 3.05) is 0 Å². The van der Waals surface area contributed by atoms with Crippen molar-refractivity contribution in [1.82, 2.24) is 0 Å². The summed E-state index contributed by atoms with van der Waals surface area (Å²) in [6.07, 6.45) is 7.83. The van der Waals surface area contributed by atoms with Gasteiger partial charge < -0.3 is 4.74 Å². The lowest BCUT2D eigenvalue weighted by Gasteiger charge is -2.02. The second kappa shape index (κ2) is 3.90. The Balaban J connectivity index is 2.05. The highest BCUT2D eigenvalue weighted by atomic mass is 16.5. The summed E-state index contributed by atoms with van der Waals surface area (Å²) in [5.41, 5.74) is 0.922. The first kappa shape index (κ1) is 8.73. The Morgan fingerprint density at radius 3 is 2.50 bits per heavy atom. The SMILES string of the molecule is C#CC#Cc1ccc(OC2CC2)cc1. The van der Waals surface area contributed by atoms with Crippen molar-refractivity contribution in [1.29, 1.82) is 0 Å². The maximum absolute atomic E-state index is 5.60. The normalized spacial score (nSPS) is 13.6. The zero-order chi connectivity index (χ0) is 9.80. The van der Waals surface area contributed by atoms with Crippen LogP contribution in [0.15, 0.2) is 24.3 Å². The number of hydrogen-bond acceptors (Lipinski definition) is 1. The highest BCUT2D eigenvalue weighted by molar-refractivity contribution is 5.41. The molecular weight excluding hydrogens is 172 g/mol. The molecule has 1 nitrogen and oxygen atoms in total. The Bertz CT molecular complexity index is 407. The van der Waals surface area contributed by atoms with Crippen LogP contribution in [0.1, 0.15) is 18.4 Å². The zero-order valence-electron chi connectivity index (χ0n) is 7.79. The summed E-state index contributed by atoms with van der Waals surface area (Å²) in [7, 11) is 0. The Morgan fingerprint density at radius 2 is 1.93 bits per heavy atom. The van der Waals surface area contributed by atoms with E-state index in [1.807, 2.05) is 24.3 Å². The highest BCUT2D eigenvalue weighted by Gasteiger charge is 2.23. The molecule has 0 N–H and O–H groups in total. The molecule has 0 atom stereocenters. The molecule has 14 heavy (non-hydrogen) atoms. The van der Waals surface area contributed by atoms with Crippen molar-refractivity contribution in [3.05, 3.63) is 29.8 Å². The van der Waals surface area contributed by atoms with Gasteiger partial charge in [-0.15, -0.1) is 6.42 Å². The van der Waals surface area contributed by atoms with Gasteiger partial charge in [0.1, 0.15) is 5.75 Å². The number of terminal acetylenes is 1. The van der Waals surface area contributed by atoms with Crippen molar-refractivity contribution >= 4 is 0 Å². The molecule has 0 aromatic heterocycles. The van der Waals surface area contributed by atoms with Gasteiger partial charge in [-0.1, -0.05) is 5.92 Å². The molecule has 0 spiro atoms. The van der Waals surface area contributed by atoms with Gasteiger partial charge in [-0.2, -0.15) is 0 Å². The van der Waals surface area contributed by atoms with Gasteiger partial charge in [0.05, 0.1) is 6.10 Å². The first-order chi connectivity index (χ1) is 6.88. The summed E-state index contributed by atoms with van der Waals surface area (Å²) >= 11 is 0. The molecule has 1 aromatic carbocycles. The molecule has 1 aromatic rings. The largest absolute Gasteiger partial charge is 0.490 e. The van der Waals surface area contributed by atoms with Crippen molar-refractivity contribution in [2.45, 2.75) is 18.9 Å². The molecule has 1 heteroatoms. The minimum Gasteiger partial charge on any atom is -0.490 e. The highest BCUT2D eigenvalue weighted by Crippen LogP contribution is 2.26. The molecule has 0 bridgehead atoms. The van der Waals surface area contributed by atoms with E-state index in [2.05, 4.69) is 17.8 Å². The minimum atomic E-state index is 0.442. The van der Waals surface area contributed by atoms with Gasteiger partial charge in [-0.05, 0) is 48.9 Å². The van der Waals surface area contributed by atoms with E-state index in [9.17, 15) is 0 Å². The molecule has 1 aliphatic carbocycles. The van der Waals surface area contributed by atoms with Gasteiger partial charge in [0.15, 0.2) is 0 Å². The first-order valence-corrected chi connectivity index (χ1v) is 4.62. The molecule has 0 aliphatic heterocycles. The molecule has 0 radical (unpaired) electrons. The molecule has 68 valence electrons. The quantitative estimate of drug-likeness (QED) is 0.637. The van der Waals surface area contributed by atoms with Crippen LogP contribution in [-0.2, 0) is 0 Å². The van der Waals surface area contributed by atoms with Crippen LogP contribution in [0, 0.1) is 24.2 Å². The maximum Gasteiger partial charge on any atom is 0.119 e. The lowest BCUT2D eigenvalue weighted by molar-refractivity contribution is 0.303. The van der Waals surface area contributed by atoms with Crippen molar-refractivity contribution in [2.24, 2.45) is 0 Å². The van der Waals surface area contributed by atoms with Crippen LogP contribution in [0.3, 0.4) is 0 Å². The number of ether oxygens (including phenoxy) is 1. The summed E-state index contributed by atoms with van der Waals surface area (Å²) in [4.78, 5) is 0. The maximum atomic E-state index is 5.60. The predicted octanol–water partition coefficient (Wildman–Crippen LogP) is 2.21. The summed E-state index contributed by atoms with van der Waals surface area (Å²) in [6.45, 7) is 0. The van der Waals surface area contributed by atoms with Gasteiger partial charge in [-0.3, -0.25) is 0 Å². The van der Waals surface area contributed by atoms with E-state index in [4.69, 9.17) is 11.2 Å². The van der Waals surface area contributed by atoms with Crippen molar-refractivity contribution in [3.8, 4) is 29.9 Å². The second-order valence-electron chi connectivity index (χ2n) is 3.24. The van der Waals surface area contributed by atoms with Gasteiger partial charge >= 0.3 is 0 Å². The fourth-order valence-corrected chi connectivity index (χ4v) is 1.10. The second-order valence-corrected chi connectivity index (χ2v) is 3.24. The van der Waals surface area contributed by atoms with Crippen LogP contribution in [-0.4, -0.2) is 6.10 Å². The van der Waals surface area contributed by atoms with Crippen LogP contribution in [0.4, 0.5) is 0 Å². The van der Waals surface area contributed by atoms with Crippen LogP contribution in [0.5, 0.6) is 5.75 Å². The third kappa shape index (κ3) is 2.31. The third-order valence-electron chi connectivity index (χ3n) is 1.96. The monoisotopic (exact) mass is 182 g/mol. The van der Waals surface area contributed by atoms with Gasteiger partial charge in [0.2, 0.25) is 0 Å². The Labute approximate surface area is 84.1 Å². The Morgan fingerprint density at radius 1 is 1.21 bits per heavy atom. The molecule has 2 rings (SSSR count). The molecule has 0 amide bonds. The van der Waals surface area contributed by atoms with Crippen LogP contribution < -0.4 is 4.74 Å². The van der Waals surface area contributed by atoms with E-state index in [0.29, 0.717) is 6.10 Å². The van der Waals surface area contributed by atoms with Crippen LogP contribution in [0.25, 0.3) is 0 Å². The predicted molar refractivity (Wildman–Crippen MR) is 55.8 cm³/mol. The van der Waals surface area contributed by atoms with E-state index in [1.165, 1.54) is 12.8 Å². The molecule has 1 aliphatic rings. The smallest absolute Gasteiger partial charge is 0.119 e. The van der Waals surface area contributed by atoms with Crippen LogP contribution in [0.2, 0.25) is 0 Å². The molecule has 0 unspecified atom stereocenters. The summed E-state index contributed by atoms with van der Waals surface area (Å²) < 4.78 is 5.60. The van der Waals surface area contributed by atoms with E-state index in [0.717, 1.165) is 11.3 Å². The number of hydrogen-bond donors (Lipinski definition) is 0. The van der Waals surface area contributed by atoms with Crippen molar-refractivity contribution in [3.63, 3.8) is 0 Å². The Hall–Kier alpha value is -1.86. The van der Waals surface area contributed by atoms with Crippen LogP contribution >= 0.6 is 0 Å². The molecule has 1 fully saturated rings. The summed E-state index contributed by atoms with van der Waals surface area (Å²) in [5, 5.41) is 0. The summed E-state index contributed by atoms with van der Waals surface area (Å²) in [6, 6.07) is 7.70. The average Bonchev–Trinajstić information content (AvgIpc) is 3.01. The van der Waals surface area contributed by atoms with E-state index in [-0.39, 0.29) is 0 Å². The number of benzene rings is 1. The van der Waals surface area contributed by atoms with Gasteiger partial charge in [0.25, 0.3) is 0 Å². The van der Waals surface area contributed by atoms with Gasteiger partial charge in [0, 0.05) is 5.56 Å². The third-order valence-corrected chi connectivity index (χ3v) is 1.96. The van der Waals surface area contributed by atoms with Crippen molar-refractivity contribution < 1.29 is 4.74 Å². The Kier molecular flexibility index (Phi) is 2.43. The first-order valence-electron chi connectivity index (χ1n) is 4.62. The molecule has 0 heterocycles. The van der Waals surface area contributed by atoms with E-state index < -0.39 is 0 Å². The standard InChI is InChI=1S/C13H10O/c1-2-3-4-11-5-7-12(8-6-11)14-13-9-10-13/h1,5-8,13H,9-10H2. The van der Waals surface area contributed by atoms with E-state index in [1.54, 1.807) is 0 Å². The molecule has 0 saturated heterocycles. The lowest BCUT2D eigenvalue weighted by atomic mass is 10.2. The fraction of sp³-hybridized carbons (Fsp3) is 0.231. The number of rotatable bonds is 2. The lowest BCUT2D eigenvalue weighted by Crippen LogP contribution is -1.95. The fourth-order valence-electron chi connectivity index (χ4n) is 1.10. The average molecular weight is 182 g/mol. The van der Waals surface area contributed by atoms with E-state index >= 15 is 0 Å².